The Hall–Kier alpha value is -4.23. The van der Waals surface area contributed by atoms with Crippen molar-refractivity contribution < 1.29 is 14.3 Å². The van der Waals surface area contributed by atoms with Gasteiger partial charge in [-0.15, -0.1) is 0 Å². The van der Waals surface area contributed by atoms with Crippen molar-refractivity contribution in [2.24, 2.45) is 0 Å². The molecule has 3 aromatic carbocycles. The van der Waals surface area contributed by atoms with E-state index in [0.29, 0.717) is 11.2 Å². The zero-order valence-corrected chi connectivity index (χ0v) is 20.0. The third-order valence-electron chi connectivity index (χ3n) is 6.28. The van der Waals surface area contributed by atoms with Crippen LogP contribution in [-0.4, -0.2) is 54.5 Å². The summed E-state index contributed by atoms with van der Waals surface area (Å²) in [5.41, 5.74) is 4.00. The molecular formula is C29H28N4O3. The third kappa shape index (κ3) is 5.87. The van der Waals surface area contributed by atoms with E-state index >= 15 is 0 Å². The molecule has 7 heteroatoms. The predicted molar refractivity (Wildman–Crippen MR) is 141 cm³/mol. The second-order valence-electron chi connectivity index (χ2n) is 8.81. The fraction of sp³-hybridized carbons (Fsp3) is 0.207. The minimum Gasteiger partial charge on any atom is -0.451 e. The molecular weight excluding hydrogens is 452 g/mol. The maximum Gasteiger partial charge on any atom is 0.357 e. The molecule has 1 saturated heterocycles. The summed E-state index contributed by atoms with van der Waals surface area (Å²) in [6.45, 7) is 4.52. The van der Waals surface area contributed by atoms with Crippen molar-refractivity contribution in [3.8, 4) is 0 Å². The van der Waals surface area contributed by atoms with Gasteiger partial charge in [-0.05, 0) is 42.0 Å². The summed E-state index contributed by atoms with van der Waals surface area (Å²) in [6.07, 6.45) is 0. The van der Waals surface area contributed by atoms with Crippen molar-refractivity contribution in [2.75, 3.05) is 43.0 Å². The van der Waals surface area contributed by atoms with Gasteiger partial charge >= 0.3 is 5.97 Å². The third-order valence-corrected chi connectivity index (χ3v) is 6.28. The van der Waals surface area contributed by atoms with Crippen LogP contribution in [0.25, 0.3) is 10.9 Å². The second kappa shape index (κ2) is 11.0. The zero-order chi connectivity index (χ0) is 24.7. The first-order valence-electron chi connectivity index (χ1n) is 12.1. The number of hydrogen-bond donors (Lipinski definition) is 1. The van der Waals surface area contributed by atoms with Crippen LogP contribution in [0.4, 0.5) is 11.4 Å². The first kappa shape index (κ1) is 23.5. The van der Waals surface area contributed by atoms with Gasteiger partial charge in [-0.2, -0.15) is 0 Å². The number of fused-ring (bicyclic) bond motifs is 1. The molecule has 1 N–H and O–H groups in total. The van der Waals surface area contributed by atoms with Crippen molar-refractivity contribution in [1.82, 2.24) is 9.88 Å². The first-order chi connectivity index (χ1) is 17.6. The topological polar surface area (TPSA) is 74.8 Å². The Balaban J connectivity index is 1.08. The Bertz CT molecular complexity index is 1330. The molecule has 7 nitrogen and oxygen atoms in total. The monoisotopic (exact) mass is 480 g/mol. The summed E-state index contributed by atoms with van der Waals surface area (Å²) in [5, 5.41) is 3.71. The van der Waals surface area contributed by atoms with E-state index in [1.165, 1.54) is 5.56 Å². The van der Waals surface area contributed by atoms with E-state index in [2.05, 4.69) is 44.4 Å². The number of aromatic nitrogens is 1. The molecule has 0 spiro atoms. The second-order valence-corrected chi connectivity index (χ2v) is 8.81. The SMILES string of the molecule is O=C(COC(=O)c1ccc2ccccc2n1)Nc1ccc(N2CCN(Cc3ccccc3)CC2)cc1. The lowest BCUT2D eigenvalue weighted by molar-refractivity contribution is -0.119. The molecule has 1 aliphatic heterocycles. The van der Waals surface area contributed by atoms with Crippen LogP contribution in [0.3, 0.4) is 0 Å². The first-order valence-corrected chi connectivity index (χ1v) is 12.1. The number of amides is 1. The molecule has 4 aromatic rings. The van der Waals surface area contributed by atoms with Crippen LogP contribution in [0.2, 0.25) is 0 Å². The van der Waals surface area contributed by atoms with Crippen LogP contribution in [0.1, 0.15) is 16.1 Å². The number of carbonyl (C=O) groups excluding carboxylic acids is 2. The molecule has 36 heavy (non-hydrogen) atoms. The highest BCUT2D eigenvalue weighted by Gasteiger charge is 2.18. The number of piperazine rings is 1. The van der Waals surface area contributed by atoms with Crippen LogP contribution < -0.4 is 10.2 Å². The van der Waals surface area contributed by atoms with Crippen molar-refractivity contribution >= 4 is 34.2 Å². The largest absolute Gasteiger partial charge is 0.451 e. The molecule has 0 radical (unpaired) electrons. The van der Waals surface area contributed by atoms with Gasteiger partial charge in [0.15, 0.2) is 6.61 Å². The van der Waals surface area contributed by atoms with E-state index in [0.717, 1.165) is 43.8 Å². The maximum absolute atomic E-state index is 12.3. The van der Waals surface area contributed by atoms with Gasteiger partial charge in [0.2, 0.25) is 0 Å². The summed E-state index contributed by atoms with van der Waals surface area (Å²) < 4.78 is 5.16. The lowest BCUT2D eigenvalue weighted by atomic mass is 10.2. The number of nitrogens with one attached hydrogen (secondary N) is 1. The van der Waals surface area contributed by atoms with Gasteiger partial charge in [0, 0.05) is 49.5 Å². The molecule has 5 rings (SSSR count). The molecule has 1 aliphatic rings. The molecule has 0 aliphatic carbocycles. The maximum atomic E-state index is 12.3. The number of benzene rings is 3. The fourth-order valence-electron chi connectivity index (χ4n) is 4.34. The summed E-state index contributed by atoms with van der Waals surface area (Å²) in [6, 6.07) is 29.2. The minimum absolute atomic E-state index is 0.176. The quantitative estimate of drug-likeness (QED) is 0.397. The number of carbonyl (C=O) groups is 2. The number of hydrogen-bond acceptors (Lipinski definition) is 6. The standard InChI is InChI=1S/C29H28N4O3/c34-28(21-36-29(35)27-15-10-23-8-4-5-9-26(23)31-27)30-24-11-13-25(14-12-24)33-18-16-32(17-19-33)20-22-6-2-1-3-7-22/h1-15H,16-21H2,(H,30,34). The van der Waals surface area contributed by atoms with Gasteiger partial charge in [-0.1, -0.05) is 54.6 Å². The Labute approximate surface area is 210 Å². The van der Waals surface area contributed by atoms with Gasteiger partial charge in [0.1, 0.15) is 5.69 Å². The molecule has 1 aromatic heterocycles. The normalized spacial score (nSPS) is 13.9. The fourth-order valence-corrected chi connectivity index (χ4v) is 4.34. The highest BCUT2D eigenvalue weighted by atomic mass is 16.5. The number of ether oxygens (including phenoxy) is 1. The molecule has 0 unspecified atom stereocenters. The average Bonchev–Trinajstić information content (AvgIpc) is 2.93. The number of esters is 1. The molecule has 0 saturated carbocycles. The smallest absolute Gasteiger partial charge is 0.357 e. The van der Waals surface area contributed by atoms with Crippen LogP contribution in [0, 0.1) is 0 Å². The van der Waals surface area contributed by atoms with E-state index in [1.807, 2.05) is 60.7 Å². The van der Waals surface area contributed by atoms with Gasteiger partial charge in [-0.3, -0.25) is 9.69 Å². The predicted octanol–water partition coefficient (Wildman–Crippen LogP) is 4.35. The molecule has 182 valence electrons. The van der Waals surface area contributed by atoms with E-state index in [4.69, 9.17) is 4.74 Å². The molecule has 2 heterocycles. The Morgan fingerprint density at radius 2 is 1.53 bits per heavy atom. The van der Waals surface area contributed by atoms with Gasteiger partial charge in [-0.25, -0.2) is 9.78 Å². The number of pyridine rings is 1. The van der Waals surface area contributed by atoms with Gasteiger partial charge in [0.25, 0.3) is 5.91 Å². The van der Waals surface area contributed by atoms with Crippen LogP contribution >= 0.6 is 0 Å². The lowest BCUT2D eigenvalue weighted by Gasteiger charge is -2.36. The summed E-state index contributed by atoms with van der Waals surface area (Å²) >= 11 is 0. The molecule has 1 fully saturated rings. The van der Waals surface area contributed by atoms with Crippen LogP contribution in [0.15, 0.2) is 91.0 Å². The van der Waals surface area contributed by atoms with Crippen molar-refractivity contribution in [2.45, 2.75) is 6.54 Å². The van der Waals surface area contributed by atoms with E-state index < -0.39 is 11.9 Å². The van der Waals surface area contributed by atoms with E-state index in [1.54, 1.807) is 6.07 Å². The molecule has 0 atom stereocenters. The number of anilines is 2. The molecule has 1 amide bonds. The number of rotatable bonds is 7. The van der Waals surface area contributed by atoms with Crippen LogP contribution in [0.5, 0.6) is 0 Å². The summed E-state index contributed by atoms with van der Waals surface area (Å²) in [5.74, 6) is -1.02. The van der Waals surface area contributed by atoms with Crippen molar-refractivity contribution in [1.29, 1.82) is 0 Å². The Kier molecular flexibility index (Phi) is 7.19. The van der Waals surface area contributed by atoms with E-state index in [9.17, 15) is 9.59 Å². The summed E-state index contributed by atoms with van der Waals surface area (Å²) in [4.78, 5) is 33.7. The van der Waals surface area contributed by atoms with E-state index in [-0.39, 0.29) is 12.3 Å². The number of para-hydroxylation sites is 1. The van der Waals surface area contributed by atoms with Crippen molar-refractivity contribution in [3.63, 3.8) is 0 Å². The minimum atomic E-state index is -0.627. The van der Waals surface area contributed by atoms with Crippen LogP contribution in [-0.2, 0) is 16.1 Å². The van der Waals surface area contributed by atoms with Gasteiger partial charge in [0.05, 0.1) is 5.52 Å². The Morgan fingerprint density at radius 3 is 2.31 bits per heavy atom. The van der Waals surface area contributed by atoms with Gasteiger partial charge < -0.3 is 15.0 Å². The average molecular weight is 481 g/mol. The molecule has 0 bridgehead atoms. The lowest BCUT2D eigenvalue weighted by Crippen LogP contribution is -2.45. The Morgan fingerprint density at radius 1 is 0.806 bits per heavy atom. The highest BCUT2D eigenvalue weighted by Crippen LogP contribution is 2.20. The zero-order valence-electron chi connectivity index (χ0n) is 20.0. The highest BCUT2D eigenvalue weighted by molar-refractivity contribution is 5.95. The summed E-state index contributed by atoms with van der Waals surface area (Å²) in [7, 11) is 0. The number of nitrogens with zero attached hydrogens (tertiary/aromatic N) is 3. The van der Waals surface area contributed by atoms with Crippen molar-refractivity contribution in [3.05, 3.63) is 102 Å².